The molecule has 0 spiro atoms. The normalized spacial score (nSPS) is 14.7. The molecule has 0 aliphatic carbocycles. The summed E-state index contributed by atoms with van der Waals surface area (Å²) in [5.74, 6) is 0.157. The zero-order valence-corrected chi connectivity index (χ0v) is 20.8. The number of rotatable bonds is 5. The summed E-state index contributed by atoms with van der Waals surface area (Å²) in [4.78, 5) is 17.9. The van der Waals surface area contributed by atoms with Gasteiger partial charge in [-0.05, 0) is 75.1 Å². The number of thiazole rings is 1. The molecular weight excluding hydrogens is 470 g/mol. The predicted octanol–water partition coefficient (Wildman–Crippen LogP) is 4.44. The highest BCUT2D eigenvalue weighted by atomic mass is 32.2. The van der Waals surface area contributed by atoms with E-state index >= 15 is 0 Å². The first-order chi connectivity index (χ1) is 16.2. The van der Waals surface area contributed by atoms with Gasteiger partial charge >= 0.3 is 0 Å². The Kier molecular flexibility index (Phi) is 5.75. The lowest BCUT2D eigenvalue weighted by atomic mass is 10.1. The Labute approximate surface area is 202 Å². The molecule has 1 saturated heterocycles. The Hall–Kier alpha value is -3.08. The SMILES string of the molecule is Cc1cc(C)c2nc(-n3nc(C)cc3NC(=O)c3ccc(S(=O)(=O)N4CCCC4)cc3)sc2c1. The summed E-state index contributed by atoms with van der Waals surface area (Å²) in [5.41, 5.74) is 4.29. The second-order valence-corrected chi connectivity index (χ2v) is 11.5. The molecule has 1 aliphatic rings. The molecule has 0 unspecified atom stereocenters. The van der Waals surface area contributed by atoms with Crippen LogP contribution in [0.3, 0.4) is 0 Å². The van der Waals surface area contributed by atoms with Crippen LogP contribution in [-0.2, 0) is 10.0 Å². The van der Waals surface area contributed by atoms with Crippen LogP contribution < -0.4 is 5.32 Å². The number of carbonyl (C=O) groups excluding carboxylic acids is 1. The standard InChI is InChI=1S/C24H25N5O3S2/c1-15-12-16(2)22-20(13-15)33-24(26-22)29-21(14-17(3)27-29)25-23(30)18-6-8-19(9-7-18)34(31,32)28-10-4-5-11-28/h6-9,12-14H,4-5,10-11H2,1-3H3,(H,25,30). The number of amides is 1. The first kappa shape index (κ1) is 22.7. The molecule has 5 rings (SSSR count). The van der Waals surface area contributed by atoms with Crippen LogP contribution in [0, 0.1) is 20.8 Å². The van der Waals surface area contributed by atoms with Crippen molar-refractivity contribution in [1.29, 1.82) is 0 Å². The molecule has 2 aromatic heterocycles. The molecule has 10 heteroatoms. The van der Waals surface area contributed by atoms with Crippen LogP contribution in [0.2, 0.25) is 0 Å². The van der Waals surface area contributed by atoms with Gasteiger partial charge in [-0.25, -0.2) is 13.4 Å². The molecule has 176 valence electrons. The molecule has 0 radical (unpaired) electrons. The van der Waals surface area contributed by atoms with Crippen LogP contribution in [0.25, 0.3) is 15.3 Å². The minimum absolute atomic E-state index is 0.201. The van der Waals surface area contributed by atoms with E-state index in [1.54, 1.807) is 10.7 Å². The molecular formula is C24H25N5O3S2. The number of hydrogen-bond acceptors (Lipinski definition) is 6. The third kappa shape index (κ3) is 4.13. The van der Waals surface area contributed by atoms with E-state index in [0.717, 1.165) is 34.3 Å². The smallest absolute Gasteiger partial charge is 0.256 e. The number of aryl methyl sites for hydroxylation is 3. The molecule has 0 atom stereocenters. The quantitative estimate of drug-likeness (QED) is 0.441. The first-order valence-corrected chi connectivity index (χ1v) is 13.3. The Balaban J connectivity index is 1.40. The van der Waals surface area contributed by atoms with Gasteiger partial charge in [-0.3, -0.25) is 4.79 Å². The molecule has 34 heavy (non-hydrogen) atoms. The number of sulfonamides is 1. The highest BCUT2D eigenvalue weighted by Gasteiger charge is 2.27. The molecule has 1 N–H and O–H groups in total. The van der Waals surface area contributed by atoms with E-state index in [4.69, 9.17) is 4.98 Å². The van der Waals surface area contributed by atoms with Crippen molar-refractivity contribution < 1.29 is 13.2 Å². The number of anilines is 1. The van der Waals surface area contributed by atoms with Gasteiger partial charge in [-0.2, -0.15) is 14.1 Å². The maximum Gasteiger partial charge on any atom is 0.256 e. The maximum absolute atomic E-state index is 13.0. The molecule has 0 bridgehead atoms. The fourth-order valence-electron chi connectivity index (χ4n) is 4.23. The van der Waals surface area contributed by atoms with Gasteiger partial charge in [0.2, 0.25) is 15.2 Å². The van der Waals surface area contributed by atoms with Crippen molar-refractivity contribution in [3.8, 4) is 5.13 Å². The van der Waals surface area contributed by atoms with Crippen LogP contribution in [0.4, 0.5) is 5.82 Å². The highest BCUT2D eigenvalue weighted by molar-refractivity contribution is 7.89. The summed E-state index contributed by atoms with van der Waals surface area (Å²) in [5, 5.41) is 8.09. The van der Waals surface area contributed by atoms with Crippen molar-refractivity contribution in [3.05, 3.63) is 64.8 Å². The lowest BCUT2D eigenvalue weighted by molar-refractivity contribution is 0.102. The third-order valence-corrected chi connectivity index (χ3v) is 8.78. The fraction of sp³-hybridized carbons (Fsp3) is 0.292. The molecule has 3 heterocycles. The minimum atomic E-state index is -3.52. The van der Waals surface area contributed by atoms with Crippen molar-refractivity contribution in [3.63, 3.8) is 0 Å². The van der Waals surface area contributed by atoms with E-state index in [-0.39, 0.29) is 10.8 Å². The van der Waals surface area contributed by atoms with Crippen LogP contribution in [0.1, 0.15) is 40.0 Å². The van der Waals surface area contributed by atoms with E-state index in [1.807, 2.05) is 13.8 Å². The van der Waals surface area contributed by atoms with E-state index in [9.17, 15) is 13.2 Å². The highest BCUT2D eigenvalue weighted by Crippen LogP contribution is 2.30. The lowest BCUT2D eigenvalue weighted by Gasteiger charge is -2.15. The molecule has 1 fully saturated rings. The summed E-state index contributed by atoms with van der Waals surface area (Å²) < 4.78 is 29.7. The molecule has 4 aromatic rings. The summed E-state index contributed by atoms with van der Waals surface area (Å²) in [6.07, 6.45) is 1.75. The summed E-state index contributed by atoms with van der Waals surface area (Å²) >= 11 is 1.51. The van der Waals surface area contributed by atoms with Gasteiger partial charge in [-0.15, -0.1) is 0 Å². The zero-order chi connectivity index (χ0) is 24.0. The van der Waals surface area contributed by atoms with Gasteiger partial charge in [0.25, 0.3) is 5.91 Å². The lowest BCUT2D eigenvalue weighted by Crippen LogP contribution is -2.27. The Morgan fingerprint density at radius 3 is 2.44 bits per heavy atom. The number of aromatic nitrogens is 3. The Morgan fingerprint density at radius 1 is 1.03 bits per heavy atom. The number of nitrogens with one attached hydrogen (secondary N) is 1. The summed E-state index contributed by atoms with van der Waals surface area (Å²) in [6.45, 7) is 7.02. The van der Waals surface area contributed by atoms with Crippen molar-refractivity contribution in [2.24, 2.45) is 0 Å². The van der Waals surface area contributed by atoms with Gasteiger partial charge < -0.3 is 5.32 Å². The topological polar surface area (TPSA) is 97.2 Å². The predicted molar refractivity (Wildman–Crippen MR) is 133 cm³/mol. The molecule has 1 amide bonds. The van der Waals surface area contributed by atoms with Crippen molar-refractivity contribution >= 4 is 43.3 Å². The van der Waals surface area contributed by atoms with Gasteiger partial charge in [0.05, 0.1) is 20.8 Å². The van der Waals surface area contributed by atoms with Crippen LogP contribution in [0.5, 0.6) is 0 Å². The second-order valence-electron chi connectivity index (χ2n) is 8.60. The van der Waals surface area contributed by atoms with Gasteiger partial charge in [0.1, 0.15) is 5.82 Å². The van der Waals surface area contributed by atoms with Crippen molar-refractivity contribution in [1.82, 2.24) is 19.1 Å². The molecule has 1 aliphatic heterocycles. The van der Waals surface area contributed by atoms with E-state index < -0.39 is 10.0 Å². The van der Waals surface area contributed by atoms with E-state index in [2.05, 4.69) is 29.5 Å². The van der Waals surface area contributed by atoms with E-state index in [1.165, 1.54) is 45.5 Å². The molecule has 2 aromatic carbocycles. The third-order valence-electron chi connectivity index (χ3n) is 5.89. The van der Waals surface area contributed by atoms with E-state index in [0.29, 0.717) is 29.6 Å². The average molecular weight is 496 g/mol. The monoisotopic (exact) mass is 495 g/mol. The van der Waals surface area contributed by atoms with Crippen molar-refractivity contribution in [2.45, 2.75) is 38.5 Å². The Morgan fingerprint density at radius 2 is 1.74 bits per heavy atom. The number of hydrogen-bond donors (Lipinski definition) is 1. The van der Waals surface area contributed by atoms with Gasteiger partial charge in [-0.1, -0.05) is 17.4 Å². The number of carbonyl (C=O) groups is 1. The minimum Gasteiger partial charge on any atom is -0.306 e. The van der Waals surface area contributed by atoms with Gasteiger partial charge in [0.15, 0.2) is 0 Å². The zero-order valence-electron chi connectivity index (χ0n) is 19.2. The molecule has 0 saturated carbocycles. The van der Waals surface area contributed by atoms with Gasteiger partial charge in [0, 0.05) is 24.7 Å². The number of fused-ring (bicyclic) bond motifs is 1. The van der Waals surface area contributed by atoms with Crippen molar-refractivity contribution in [2.75, 3.05) is 18.4 Å². The Bertz CT molecular complexity index is 1500. The summed E-state index contributed by atoms with van der Waals surface area (Å²) in [6, 6.07) is 12.0. The van der Waals surface area contributed by atoms with Crippen LogP contribution in [-0.4, -0.2) is 46.5 Å². The number of benzene rings is 2. The molecule has 8 nitrogen and oxygen atoms in total. The first-order valence-electron chi connectivity index (χ1n) is 11.1. The average Bonchev–Trinajstić information content (AvgIpc) is 3.54. The van der Waals surface area contributed by atoms with Crippen LogP contribution in [0.15, 0.2) is 47.4 Å². The fourth-order valence-corrected chi connectivity index (χ4v) is 6.85. The maximum atomic E-state index is 13.0. The van der Waals surface area contributed by atoms with Crippen LogP contribution >= 0.6 is 11.3 Å². The number of nitrogens with zero attached hydrogens (tertiary/aromatic N) is 4. The largest absolute Gasteiger partial charge is 0.306 e. The second kappa shape index (κ2) is 8.61. The summed E-state index contributed by atoms with van der Waals surface area (Å²) in [7, 11) is -3.52.